The third kappa shape index (κ3) is 4.81. The van der Waals surface area contributed by atoms with Gasteiger partial charge in [-0.3, -0.25) is 4.79 Å². The van der Waals surface area contributed by atoms with E-state index in [0.717, 1.165) is 24.0 Å². The van der Waals surface area contributed by atoms with Crippen LogP contribution in [0.4, 0.5) is 19.0 Å². The first kappa shape index (κ1) is 19.3. The van der Waals surface area contributed by atoms with Gasteiger partial charge in [-0.15, -0.1) is 0 Å². The van der Waals surface area contributed by atoms with Gasteiger partial charge < -0.3 is 10.1 Å². The lowest BCUT2D eigenvalue weighted by molar-refractivity contribution is -0.141. The van der Waals surface area contributed by atoms with Gasteiger partial charge in [0.2, 0.25) is 0 Å². The minimum Gasteiger partial charge on any atom is -0.456 e. The fraction of sp³-hybridized carbons (Fsp3) is 0.158. The summed E-state index contributed by atoms with van der Waals surface area (Å²) in [5, 5.41) is 2.64. The van der Waals surface area contributed by atoms with Crippen LogP contribution in [0.1, 0.15) is 27.6 Å². The van der Waals surface area contributed by atoms with Gasteiger partial charge in [-0.25, -0.2) is 15.0 Å². The summed E-state index contributed by atoms with van der Waals surface area (Å²) in [5.41, 5.74) is 0.309. The zero-order valence-corrected chi connectivity index (χ0v) is 14.9. The van der Waals surface area contributed by atoms with Gasteiger partial charge in [-0.05, 0) is 38.1 Å². The zero-order chi connectivity index (χ0) is 20.3. The van der Waals surface area contributed by atoms with Crippen LogP contribution in [0.25, 0.3) is 0 Å². The first-order chi connectivity index (χ1) is 13.2. The number of alkyl halides is 3. The molecule has 0 spiro atoms. The average molecular weight is 388 g/mol. The van der Waals surface area contributed by atoms with Gasteiger partial charge in [0.25, 0.3) is 5.91 Å². The van der Waals surface area contributed by atoms with Crippen LogP contribution < -0.4 is 10.1 Å². The second kappa shape index (κ2) is 7.63. The Morgan fingerprint density at radius 3 is 2.43 bits per heavy atom. The smallest absolute Gasteiger partial charge is 0.433 e. The third-order valence-electron chi connectivity index (χ3n) is 3.55. The van der Waals surface area contributed by atoms with Crippen molar-refractivity contribution in [2.75, 3.05) is 5.32 Å². The summed E-state index contributed by atoms with van der Waals surface area (Å²) in [5.74, 6) is 0.238. The van der Waals surface area contributed by atoms with E-state index in [-0.39, 0.29) is 17.2 Å². The first-order valence-electron chi connectivity index (χ1n) is 8.15. The molecule has 0 atom stereocenters. The maximum atomic E-state index is 12.6. The van der Waals surface area contributed by atoms with Crippen LogP contribution in [0, 0.1) is 13.8 Å². The van der Waals surface area contributed by atoms with E-state index in [2.05, 4.69) is 20.3 Å². The van der Waals surface area contributed by atoms with Gasteiger partial charge >= 0.3 is 6.18 Å². The van der Waals surface area contributed by atoms with Crippen LogP contribution >= 0.6 is 0 Å². The second-order valence-electron chi connectivity index (χ2n) is 5.93. The average Bonchev–Trinajstić information content (AvgIpc) is 2.61. The molecule has 1 amide bonds. The molecule has 0 radical (unpaired) electrons. The lowest BCUT2D eigenvalue weighted by atomic mass is 10.2. The highest BCUT2D eigenvalue weighted by Gasteiger charge is 2.32. The summed E-state index contributed by atoms with van der Waals surface area (Å²) in [7, 11) is 0. The number of anilines is 1. The maximum absolute atomic E-state index is 12.6. The van der Waals surface area contributed by atoms with E-state index in [4.69, 9.17) is 4.74 Å². The SMILES string of the molecule is Cc1cccc(NC(=O)c2cc(Oc3ccc(C(F)(F)F)nc3)cc(C)n2)n1. The fourth-order valence-corrected chi connectivity index (χ4v) is 2.35. The summed E-state index contributed by atoms with van der Waals surface area (Å²) in [4.78, 5) is 24.1. The Bertz CT molecular complexity index is 1000. The highest BCUT2D eigenvalue weighted by molar-refractivity contribution is 6.02. The summed E-state index contributed by atoms with van der Waals surface area (Å²) in [6.45, 7) is 3.46. The van der Waals surface area contributed by atoms with Crippen molar-refractivity contribution in [3.05, 3.63) is 71.4 Å². The van der Waals surface area contributed by atoms with Gasteiger partial charge in [0, 0.05) is 23.5 Å². The number of hydrogen-bond donors (Lipinski definition) is 1. The Morgan fingerprint density at radius 1 is 1.00 bits per heavy atom. The highest BCUT2D eigenvalue weighted by Crippen LogP contribution is 2.29. The van der Waals surface area contributed by atoms with Crippen LogP contribution in [-0.2, 0) is 6.18 Å². The number of nitrogens with one attached hydrogen (secondary N) is 1. The number of hydrogen-bond acceptors (Lipinski definition) is 5. The largest absolute Gasteiger partial charge is 0.456 e. The molecule has 0 aliphatic rings. The van der Waals surface area contributed by atoms with Crippen molar-refractivity contribution in [3.8, 4) is 11.5 Å². The Morgan fingerprint density at radius 2 is 1.79 bits per heavy atom. The molecule has 6 nitrogen and oxygen atoms in total. The Kier molecular flexibility index (Phi) is 5.25. The van der Waals surface area contributed by atoms with Crippen LogP contribution in [0.3, 0.4) is 0 Å². The first-order valence-corrected chi connectivity index (χ1v) is 8.15. The van der Waals surface area contributed by atoms with Crippen molar-refractivity contribution in [1.82, 2.24) is 15.0 Å². The molecule has 9 heteroatoms. The number of amides is 1. The molecule has 1 N–H and O–H groups in total. The minimum atomic E-state index is -4.53. The molecule has 0 aromatic carbocycles. The Hall–Kier alpha value is -3.49. The molecule has 0 unspecified atom stereocenters. The van der Waals surface area contributed by atoms with Crippen molar-refractivity contribution in [3.63, 3.8) is 0 Å². The van der Waals surface area contributed by atoms with E-state index in [9.17, 15) is 18.0 Å². The molecular formula is C19H15F3N4O2. The Labute approximate surface area is 158 Å². The van der Waals surface area contributed by atoms with Crippen LogP contribution in [0.2, 0.25) is 0 Å². The standard InChI is InChI=1S/C19H15F3N4O2/c1-11-4-3-5-17(25-11)26-18(27)15-9-14(8-12(2)24-15)28-13-6-7-16(23-10-13)19(20,21)22/h3-10H,1-2H3,(H,25,26,27). The Balaban J connectivity index is 1.78. The normalized spacial score (nSPS) is 11.2. The lowest BCUT2D eigenvalue weighted by Gasteiger charge is -2.10. The number of carbonyl (C=O) groups is 1. The molecule has 3 aromatic rings. The van der Waals surface area contributed by atoms with Crippen molar-refractivity contribution < 1.29 is 22.7 Å². The molecule has 0 fully saturated rings. The summed E-state index contributed by atoms with van der Waals surface area (Å²) in [6, 6.07) is 10.1. The van der Waals surface area contributed by atoms with Crippen LogP contribution in [0.15, 0.2) is 48.7 Å². The summed E-state index contributed by atoms with van der Waals surface area (Å²) >= 11 is 0. The maximum Gasteiger partial charge on any atom is 0.433 e. The highest BCUT2D eigenvalue weighted by atomic mass is 19.4. The molecule has 0 saturated heterocycles. The molecular weight excluding hydrogens is 373 g/mol. The molecule has 3 rings (SSSR count). The lowest BCUT2D eigenvalue weighted by Crippen LogP contribution is -2.15. The number of pyridine rings is 3. The molecule has 3 heterocycles. The van der Waals surface area contributed by atoms with Crippen LogP contribution in [-0.4, -0.2) is 20.9 Å². The van der Waals surface area contributed by atoms with Gasteiger partial charge in [0.05, 0.1) is 6.20 Å². The zero-order valence-electron chi connectivity index (χ0n) is 14.9. The number of nitrogens with zero attached hydrogens (tertiary/aromatic N) is 3. The van der Waals surface area contributed by atoms with E-state index in [1.807, 2.05) is 0 Å². The van der Waals surface area contributed by atoms with Crippen molar-refractivity contribution in [1.29, 1.82) is 0 Å². The monoisotopic (exact) mass is 388 g/mol. The quantitative estimate of drug-likeness (QED) is 0.709. The number of aromatic nitrogens is 3. The van der Waals surface area contributed by atoms with E-state index in [1.165, 1.54) is 6.07 Å². The van der Waals surface area contributed by atoms with Gasteiger partial charge in [0.1, 0.15) is 28.7 Å². The third-order valence-corrected chi connectivity index (χ3v) is 3.55. The van der Waals surface area contributed by atoms with E-state index in [0.29, 0.717) is 11.5 Å². The van der Waals surface area contributed by atoms with E-state index in [1.54, 1.807) is 38.1 Å². The number of carbonyl (C=O) groups excluding carboxylic acids is 1. The fourth-order valence-electron chi connectivity index (χ4n) is 2.35. The van der Waals surface area contributed by atoms with Crippen LogP contribution in [0.5, 0.6) is 11.5 Å². The molecule has 144 valence electrons. The predicted molar refractivity (Wildman–Crippen MR) is 95.2 cm³/mol. The topological polar surface area (TPSA) is 77.0 Å². The summed E-state index contributed by atoms with van der Waals surface area (Å²) in [6.07, 6.45) is -3.56. The van der Waals surface area contributed by atoms with Crippen molar-refractivity contribution in [2.45, 2.75) is 20.0 Å². The number of ether oxygens (including phenoxy) is 1. The molecule has 3 aromatic heterocycles. The van der Waals surface area contributed by atoms with Crippen molar-refractivity contribution in [2.24, 2.45) is 0 Å². The van der Waals surface area contributed by atoms with Gasteiger partial charge in [-0.1, -0.05) is 6.07 Å². The van der Waals surface area contributed by atoms with E-state index >= 15 is 0 Å². The predicted octanol–water partition coefficient (Wildman–Crippen LogP) is 4.55. The molecule has 0 bridgehead atoms. The van der Waals surface area contributed by atoms with Crippen molar-refractivity contribution >= 4 is 11.7 Å². The minimum absolute atomic E-state index is 0.0816. The molecule has 0 aliphatic heterocycles. The second-order valence-corrected chi connectivity index (χ2v) is 5.93. The molecule has 28 heavy (non-hydrogen) atoms. The van der Waals surface area contributed by atoms with E-state index < -0.39 is 17.8 Å². The number of aryl methyl sites for hydroxylation is 2. The molecule has 0 saturated carbocycles. The number of halogens is 3. The van der Waals surface area contributed by atoms with Gasteiger partial charge in [0.15, 0.2) is 0 Å². The molecule has 0 aliphatic carbocycles. The summed E-state index contributed by atoms with van der Waals surface area (Å²) < 4.78 is 43.3. The van der Waals surface area contributed by atoms with Gasteiger partial charge in [-0.2, -0.15) is 13.2 Å². The number of rotatable bonds is 4.